The van der Waals surface area contributed by atoms with Gasteiger partial charge in [0.05, 0.1) is 0 Å². The van der Waals surface area contributed by atoms with Crippen molar-refractivity contribution >= 4 is 12.1 Å². The third kappa shape index (κ3) is 5.75. The molecule has 2 rings (SSSR count). The molecule has 7 nitrogen and oxygen atoms in total. The van der Waals surface area contributed by atoms with Crippen LogP contribution in [0.5, 0.6) is 0 Å². The molecular weight excluding hydrogens is 308 g/mol. The first-order chi connectivity index (χ1) is 11.3. The zero-order valence-electron chi connectivity index (χ0n) is 14.1. The Labute approximate surface area is 141 Å². The SMILES string of the molecule is CC(C)(C)OC(=O)NCc1ccc(CNC(=O)n2ccnc2)cc1. The minimum atomic E-state index is -0.513. The molecule has 0 bridgehead atoms. The quantitative estimate of drug-likeness (QED) is 0.902. The summed E-state index contributed by atoms with van der Waals surface area (Å²) in [6.07, 6.45) is 4.13. The van der Waals surface area contributed by atoms with Crippen molar-refractivity contribution in [1.82, 2.24) is 20.2 Å². The molecule has 0 aliphatic rings. The minimum Gasteiger partial charge on any atom is -0.444 e. The second kappa shape index (κ2) is 7.63. The molecule has 0 aliphatic carbocycles. The standard InChI is InChI=1S/C17H22N4O3/c1-17(2,3)24-16(23)20-11-14-6-4-13(5-7-14)10-19-15(22)21-9-8-18-12-21/h4-9,12H,10-11H2,1-3H3,(H,19,22)(H,20,23). The second-order valence-electron chi connectivity index (χ2n) is 6.30. The van der Waals surface area contributed by atoms with E-state index in [0.29, 0.717) is 13.1 Å². The number of rotatable bonds is 4. The summed E-state index contributed by atoms with van der Waals surface area (Å²) in [4.78, 5) is 27.2. The second-order valence-corrected chi connectivity index (χ2v) is 6.30. The number of hydrogen-bond acceptors (Lipinski definition) is 4. The van der Waals surface area contributed by atoms with Crippen LogP contribution in [0.2, 0.25) is 0 Å². The lowest BCUT2D eigenvalue weighted by Crippen LogP contribution is -2.32. The van der Waals surface area contributed by atoms with Crippen LogP contribution >= 0.6 is 0 Å². The maximum Gasteiger partial charge on any atom is 0.407 e. The molecule has 1 aromatic heterocycles. The van der Waals surface area contributed by atoms with E-state index in [-0.39, 0.29) is 6.03 Å². The minimum absolute atomic E-state index is 0.233. The van der Waals surface area contributed by atoms with Crippen LogP contribution in [0.25, 0.3) is 0 Å². The molecule has 1 aromatic carbocycles. The summed E-state index contributed by atoms with van der Waals surface area (Å²) < 4.78 is 6.55. The molecule has 0 spiro atoms. The summed E-state index contributed by atoms with van der Waals surface area (Å²) in [6, 6.07) is 7.37. The van der Waals surface area contributed by atoms with E-state index in [1.807, 2.05) is 45.0 Å². The lowest BCUT2D eigenvalue weighted by atomic mass is 10.1. The molecule has 0 saturated heterocycles. The van der Waals surface area contributed by atoms with Crippen molar-refractivity contribution in [2.24, 2.45) is 0 Å². The Morgan fingerprint density at radius 3 is 2.17 bits per heavy atom. The fraction of sp³-hybridized carbons (Fsp3) is 0.353. The molecule has 0 saturated carbocycles. The van der Waals surface area contributed by atoms with E-state index in [1.54, 1.807) is 12.4 Å². The molecule has 24 heavy (non-hydrogen) atoms. The monoisotopic (exact) mass is 330 g/mol. The van der Waals surface area contributed by atoms with Crippen molar-refractivity contribution < 1.29 is 14.3 Å². The first-order valence-electron chi connectivity index (χ1n) is 7.64. The van der Waals surface area contributed by atoms with Crippen LogP contribution in [0, 0.1) is 0 Å². The van der Waals surface area contributed by atoms with Gasteiger partial charge < -0.3 is 15.4 Å². The Morgan fingerprint density at radius 1 is 1.08 bits per heavy atom. The van der Waals surface area contributed by atoms with Crippen molar-refractivity contribution in [3.05, 3.63) is 54.1 Å². The van der Waals surface area contributed by atoms with Gasteiger partial charge in [0, 0.05) is 25.5 Å². The summed E-state index contributed by atoms with van der Waals surface area (Å²) in [5.74, 6) is 0. The highest BCUT2D eigenvalue weighted by atomic mass is 16.6. The van der Waals surface area contributed by atoms with Gasteiger partial charge in [0.25, 0.3) is 0 Å². The smallest absolute Gasteiger partial charge is 0.407 e. The van der Waals surface area contributed by atoms with E-state index in [4.69, 9.17) is 4.74 Å². The maximum atomic E-state index is 11.8. The molecule has 0 unspecified atom stereocenters. The lowest BCUT2D eigenvalue weighted by molar-refractivity contribution is 0.0523. The van der Waals surface area contributed by atoms with E-state index >= 15 is 0 Å². The number of hydrogen-bond donors (Lipinski definition) is 2. The lowest BCUT2D eigenvalue weighted by Gasteiger charge is -2.19. The Balaban J connectivity index is 1.78. The number of amides is 2. The number of aromatic nitrogens is 2. The molecule has 0 radical (unpaired) electrons. The van der Waals surface area contributed by atoms with Crippen molar-refractivity contribution in [2.75, 3.05) is 0 Å². The fourth-order valence-corrected chi connectivity index (χ4v) is 1.91. The normalized spacial score (nSPS) is 11.0. The van der Waals surface area contributed by atoms with Crippen LogP contribution in [-0.4, -0.2) is 27.3 Å². The Morgan fingerprint density at radius 2 is 1.67 bits per heavy atom. The largest absolute Gasteiger partial charge is 0.444 e. The van der Waals surface area contributed by atoms with Crippen LogP contribution in [-0.2, 0) is 17.8 Å². The van der Waals surface area contributed by atoms with Gasteiger partial charge in [-0.2, -0.15) is 0 Å². The number of imidazole rings is 1. The Hall–Kier alpha value is -2.83. The van der Waals surface area contributed by atoms with Gasteiger partial charge in [0.1, 0.15) is 11.9 Å². The number of carbonyl (C=O) groups excluding carboxylic acids is 2. The zero-order chi connectivity index (χ0) is 17.6. The number of benzene rings is 1. The van der Waals surface area contributed by atoms with Gasteiger partial charge in [-0.05, 0) is 31.9 Å². The van der Waals surface area contributed by atoms with E-state index in [9.17, 15) is 9.59 Å². The molecule has 128 valence electrons. The first-order valence-corrected chi connectivity index (χ1v) is 7.64. The van der Waals surface area contributed by atoms with Gasteiger partial charge in [-0.3, -0.25) is 4.57 Å². The zero-order valence-corrected chi connectivity index (χ0v) is 14.1. The number of alkyl carbamates (subject to hydrolysis) is 1. The van der Waals surface area contributed by atoms with Crippen molar-refractivity contribution in [1.29, 1.82) is 0 Å². The molecule has 2 amide bonds. The third-order valence-electron chi connectivity index (χ3n) is 3.04. The van der Waals surface area contributed by atoms with Gasteiger partial charge in [0.2, 0.25) is 0 Å². The predicted molar refractivity (Wildman–Crippen MR) is 89.4 cm³/mol. The summed E-state index contributed by atoms with van der Waals surface area (Å²) in [7, 11) is 0. The Kier molecular flexibility index (Phi) is 5.57. The average Bonchev–Trinajstić information content (AvgIpc) is 3.04. The molecule has 0 atom stereocenters. The number of ether oxygens (including phenoxy) is 1. The highest BCUT2D eigenvalue weighted by molar-refractivity contribution is 5.76. The van der Waals surface area contributed by atoms with Crippen molar-refractivity contribution in [2.45, 2.75) is 39.5 Å². The van der Waals surface area contributed by atoms with Gasteiger partial charge in [-0.15, -0.1) is 0 Å². The Bertz CT molecular complexity index is 673. The van der Waals surface area contributed by atoms with E-state index in [0.717, 1.165) is 11.1 Å². The molecule has 1 heterocycles. The first kappa shape index (κ1) is 17.5. The molecule has 0 aliphatic heterocycles. The summed E-state index contributed by atoms with van der Waals surface area (Å²) in [5, 5.41) is 5.49. The molecular formula is C17H22N4O3. The highest BCUT2D eigenvalue weighted by Crippen LogP contribution is 2.08. The fourth-order valence-electron chi connectivity index (χ4n) is 1.91. The van der Waals surface area contributed by atoms with Crippen LogP contribution in [0.4, 0.5) is 9.59 Å². The summed E-state index contributed by atoms with van der Waals surface area (Å²) >= 11 is 0. The van der Waals surface area contributed by atoms with E-state index in [1.165, 1.54) is 10.9 Å². The molecule has 0 fully saturated rings. The summed E-state index contributed by atoms with van der Waals surface area (Å²) in [6.45, 7) is 6.26. The van der Waals surface area contributed by atoms with Gasteiger partial charge in [-0.25, -0.2) is 14.6 Å². The summed E-state index contributed by atoms with van der Waals surface area (Å²) in [5.41, 5.74) is 1.40. The highest BCUT2D eigenvalue weighted by Gasteiger charge is 2.15. The van der Waals surface area contributed by atoms with Gasteiger partial charge in [-0.1, -0.05) is 24.3 Å². The maximum absolute atomic E-state index is 11.8. The third-order valence-corrected chi connectivity index (χ3v) is 3.04. The predicted octanol–water partition coefficient (Wildman–Crippen LogP) is 2.67. The topological polar surface area (TPSA) is 85.3 Å². The molecule has 2 N–H and O–H groups in total. The average molecular weight is 330 g/mol. The van der Waals surface area contributed by atoms with E-state index < -0.39 is 11.7 Å². The molecule has 2 aromatic rings. The number of carbonyl (C=O) groups is 2. The van der Waals surface area contributed by atoms with Gasteiger partial charge in [0.15, 0.2) is 0 Å². The molecule has 7 heteroatoms. The number of nitrogens with zero attached hydrogens (tertiary/aromatic N) is 2. The van der Waals surface area contributed by atoms with Crippen LogP contribution in [0.3, 0.4) is 0 Å². The van der Waals surface area contributed by atoms with Crippen LogP contribution < -0.4 is 10.6 Å². The van der Waals surface area contributed by atoms with Gasteiger partial charge >= 0.3 is 12.1 Å². The van der Waals surface area contributed by atoms with Crippen LogP contribution in [0.1, 0.15) is 31.9 Å². The van der Waals surface area contributed by atoms with Crippen LogP contribution in [0.15, 0.2) is 43.0 Å². The van der Waals surface area contributed by atoms with E-state index in [2.05, 4.69) is 15.6 Å². The number of nitrogens with one attached hydrogen (secondary N) is 2. The van der Waals surface area contributed by atoms with Crippen molar-refractivity contribution in [3.63, 3.8) is 0 Å². The van der Waals surface area contributed by atoms with Crippen molar-refractivity contribution in [3.8, 4) is 0 Å².